The summed E-state index contributed by atoms with van der Waals surface area (Å²) >= 11 is 2.12. The van der Waals surface area contributed by atoms with Gasteiger partial charge < -0.3 is 5.32 Å². The van der Waals surface area contributed by atoms with Crippen molar-refractivity contribution in [1.82, 2.24) is 5.32 Å². The Kier molecular flexibility index (Phi) is 6.83. The predicted octanol–water partition coefficient (Wildman–Crippen LogP) is 3.79. The summed E-state index contributed by atoms with van der Waals surface area (Å²) in [7, 11) is 2.14. The zero-order valence-corrected chi connectivity index (χ0v) is 12.3. The molecule has 0 saturated heterocycles. The van der Waals surface area contributed by atoms with Crippen LogP contribution in [0.25, 0.3) is 0 Å². The van der Waals surface area contributed by atoms with E-state index in [2.05, 4.69) is 44.9 Å². The molecule has 16 heavy (non-hydrogen) atoms. The molecule has 0 aliphatic heterocycles. The van der Waals surface area contributed by atoms with Gasteiger partial charge in [-0.15, -0.1) is 0 Å². The van der Waals surface area contributed by atoms with E-state index in [1.54, 1.807) is 0 Å². The third kappa shape index (κ3) is 4.67. The quantitative estimate of drug-likeness (QED) is 0.712. The van der Waals surface area contributed by atoms with Gasteiger partial charge in [-0.1, -0.05) is 20.8 Å². The van der Waals surface area contributed by atoms with Gasteiger partial charge in [0.25, 0.3) is 0 Å². The molecule has 1 fully saturated rings. The minimum absolute atomic E-state index is 0.738. The minimum atomic E-state index is 0.738. The molecule has 0 bridgehead atoms. The van der Waals surface area contributed by atoms with Crippen LogP contribution in [0.2, 0.25) is 0 Å². The van der Waals surface area contributed by atoms with Gasteiger partial charge in [-0.3, -0.25) is 0 Å². The van der Waals surface area contributed by atoms with Crippen LogP contribution in [0.4, 0.5) is 0 Å². The van der Waals surface area contributed by atoms with Crippen LogP contribution in [-0.4, -0.2) is 24.6 Å². The van der Waals surface area contributed by atoms with Crippen LogP contribution < -0.4 is 5.32 Å². The topological polar surface area (TPSA) is 12.0 Å². The molecule has 3 unspecified atom stereocenters. The maximum atomic E-state index is 3.55. The van der Waals surface area contributed by atoms with Gasteiger partial charge in [0.1, 0.15) is 0 Å². The van der Waals surface area contributed by atoms with Crippen molar-refractivity contribution in [2.75, 3.05) is 18.6 Å². The summed E-state index contributed by atoms with van der Waals surface area (Å²) in [6.45, 7) is 7.12. The predicted molar refractivity (Wildman–Crippen MR) is 76.1 cm³/mol. The maximum absolute atomic E-state index is 3.55. The van der Waals surface area contributed by atoms with Crippen molar-refractivity contribution in [3.63, 3.8) is 0 Å². The SMILES string of the molecule is CCCSCC(NC)C1CC(C)CC(C)C1. The van der Waals surface area contributed by atoms with E-state index in [1.165, 1.54) is 37.2 Å². The van der Waals surface area contributed by atoms with Crippen molar-refractivity contribution in [2.24, 2.45) is 17.8 Å². The van der Waals surface area contributed by atoms with Crippen molar-refractivity contribution in [1.29, 1.82) is 0 Å². The molecule has 0 radical (unpaired) electrons. The highest BCUT2D eigenvalue weighted by Gasteiger charge is 2.28. The molecule has 0 aromatic heterocycles. The van der Waals surface area contributed by atoms with Crippen LogP contribution in [0.15, 0.2) is 0 Å². The second-order valence-corrected chi connectivity index (χ2v) is 6.80. The maximum Gasteiger partial charge on any atom is 0.0183 e. The summed E-state index contributed by atoms with van der Waals surface area (Å²) in [4.78, 5) is 0. The average Bonchev–Trinajstić information content (AvgIpc) is 2.23. The third-order valence-corrected chi connectivity index (χ3v) is 5.09. The summed E-state index contributed by atoms with van der Waals surface area (Å²) in [5.74, 6) is 5.39. The van der Waals surface area contributed by atoms with Gasteiger partial charge in [-0.2, -0.15) is 11.8 Å². The fourth-order valence-electron chi connectivity index (χ4n) is 3.15. The summed E-state index contributed by atoms with van der Waals surface area (Å²) in [5, 5.41) is 3.55. The molecule has 1 nitrogen and oxygen atoms in total. The van der Waals surface area contributed by atoms with Gasteiger partial charge in [-0.05, 0) is 56.2 Å². The van der Waals surface area contributed by atoms with E-state index in [-0.39, 0.29) is 0 Å². The van der Waals surface area contributed by atoms with E-state index in [1.807, 2.05) is 0 Å². The zero-order chi connectivity index (χ0) is 12.0. The van der Waals surface area contributed by atoms with E-state index >= 15 is 0 Å². The van der Waals surface area contributed by atoms with E-state index < -0.39 is 0 Å². The van der Waals surface area contributed by atoms with Crippen LogP contribution in [0.3, 0.4) is 0 Å². The molecule has 0 amide bonds. The molecule has 1 aliphatic carbocycles. The molecule has 0 heterocycles. The Labute approximate surface area is 106 Å². The van der Waals surface area contributed by atoms with Gasteiger partial charge in [0.05, 0.1) is 0 Å². The van der Waals surface area contributed by atoms with Crippen LogP contribution >= 0.6 is 11.8 Å². The zero-order valence-electron chi connectivity index (χ0n) is 11.5. The van der Waals surface area contributed by atoms with Gasteiger partial charge in [0.2, 0.25) is 0 Å². The Hall–Kier alpha value is 0.310. The summed E-state index contributed by atoms with van der Waals surface area (Å²) in [5.41, 5.74) is 0. The van der Waals surface area contributed by atoms with Gasteiger partial charge >= 0.3 is 0 Å². The second kappa shape index (κ2) is 7.60. The molecule has 2 heteroatoms. The first-order valence-corrected chi connectivity index (χ1v) is 8.07. The molecular formula is C14H29NS. The fraction of sp³-hybridized carbons (Fsp3) is 1.00. The van der Waals surface area contributed by atoms with Crippen molar-refractivity contribution in [3.8, 4) is 0 Å². The van der Waals surface area contributed by atoms with Gasteiger partial charge in [-0.25, -0.2) is 0 Å². The lowest BCUT2D eigenvalue weighted by Crippen LogP contribution is -2.39. The van der Waals surface area contributed by atoms with E-state index in [0.717, 1.165) is 23.8 Å². The molecule has 1 saturated carbocycles. The molecular weight excluding hydrogens is 214 g/mol. The normalized spacial score (nSPS) is 32.6. The van der Waals surface area contributed by atoms with Crippen LogP contribution in [0, 0.1) is 17.8 Å². The standard InChI is InChI=1S/C14H29NS/c1-5-6-16-10-14(15-4)13-8-11(2)7-12(3)9-13/h11-15H,5-10H2,1-4H3. The molecule has 1 aliphatic rings. The molecule has 0 aromatic carbocycles. The second-order valence-electron chi connectivity index (χ2n) is 5.65. The average molecular weight is 243 g/mol. The lowest BCUT2D eigenvalue weighted by molar-refractivity contribution is 0.188. The lowest BCUT2D eigenvalue weighted by atomic mass is 9.74. The molecule has 96 valence electrons. The lowest BCUT2D eigenvalue weighted by Gasteiger charge is -2.36. The fourth-order valence-corrected chi connectivity index (χ4v) is 4.30. The van der Waals surface area contributed by atoms with Crippen molar-refractivity contribution < 1.29 is 0 Å². The molecule has 1 N–H and O–H groups in total. The highest BCUT2D eigenvalue weighted by molar-refractivity contribution is 7.99. The molecule has 3 atom stereocenters. The van der Waals surface area contributed by atoms with Crippen LogP contribution in [0.5, 0.6) is 0 Å². The third-order valence-electron chi connectivity index (χ3n) is 3.80. The first-order chi connectivity index (χ1) is 7.67. The highest BCUT2D eigenvalue weighted by Crippen LogP contribution is 2.35. The smallest absolute Gasteiger partial charge is 0.0183 e. The minimum Gasteiger partial charge on any atom is -0.316 e. The molecule has 1 rings (SSSR count). The number of rotatable bonds is 6. The van der Waals surface area contributed by atoms with E-state index in [9.17, 15) is 0 Å². The Morgan fingerprint density at radius 2 is 1.81 bits per heavy atom. The highest BCUT2D eigenvalue weighted by atomic mass is 32.2. The Morgan fingerprint density at radius 1 is 1.19 bits per heavy atom. The first kappa shape index (κ1) is 14.4. The Morgan fingerprint density at radius 3 is 2.31 bits per heavy atom. The van der Waals surface area contributed by atoms with Crippen molar-refractivity contribution in [3.05, 3.63) is 0 Å². The van der Waals surface area contributed by atoms with Crippen molar-refractivity contribution in [2.45, 2.75) is 52.5 Å². The van der Waals surface area contributed by atoms with Crippen LogP contribution in [0.1, 0.15) is 46.5 Å². The van der Waals surface area contributed by atoms with Crippen molar-refractivity contribution >= 4 is 11.8 Å². The summed E-state index contributed by atoms with van der Waals surface area (Å²) < 4.78 is 0. The number of hydrogen-bond donors (Lipinski definition) is 1. The molecule has 0 spiro atoms. The van der Waals surface area contributed by atoms with Gasteiger partial charge in [0, 0.05) is 11.8 Å². The first-order valence-electron chi connectivity index (χ1n) is 6.92. The number of nitrogens with one attached hydrogen (secondary N) is 1. The van der Waals surface area contributed by atoms with E-state index in [0.29, 0.717) is 0 Å². The molecule has 0 aromatic rings. The number of hydrogen-bond acceptors (Lipinski definition) is 2. The van der Waals surface area contributed by atoms with E-state index in [4.69, 9.17) is 0 Å². The summed E-state index contributed by atoms with van der Waals surface area (Å²) in [6.07, 6.45) is 5.61. The van der Waals surface area contributed by atoms with Gasteiger partial charge in [0.15, 0.2) is 0 Å². The van der Waals surface area contributed by atoms with Crippen LogP contribution in [-0.2, 0) is 0 Å². The Bertz CT molecular complexity index is 174. The Balaban J connectivity index is 2.38. The number of thioether (sulfide) groups is 1. The summed E-state index contributed by atoms with van der Waals surface area (Å²) in [6, 6.07) is 0.738. The largest absolute Gasteiger partial charge is 0.316 e. The monoisotopic (exact) mass is 243 g/mol.